The third kappa shape index (κ3) is 3.01. The molecule has 0 radical (unpaired) electrons. The highest BCUT2D eigenvalue weighted by Crippen LogP contribution is 2.32. The molecule has 0 spiro atoms. The second kappa shape index (κ2) is 6.92. The molecule has 6 nitrogen and oxygen atoms in total. The van der Waals surface area contributed by atoms with Gasteiger partial charge in [-0.15, -0.1) is 0 Å². The number of fused-ring (bicyclic) bond motifs is 1. The maximum absolute atomic E-state index is 11.7. The molecule has 0 saturated heterocycles. The molecule has 0 amide bonds. The number of benzene rings is 2. The van der Waals surface area contributed by atoms with Gasteiger partial charge in [0.25, 0.3) is 0 Å². The van der Waals surface area contributed by atoms with Crippen LogP contribution in [0.2, 0.25) is 0 Å². The van der Waals surface area contributed by atoms with Crippen molar-refractivity contribution in [1.82, 2.24) is 4.57 Å². The molecule has 0 aliphatic heterocycles. The van der Waals surface area contributed by atoms with Crippen molar-refractivity contribution < 1.29 is 24.9 Å². The predicted octanol–water partition coefficient (Wildman–Crippen LogP) is 3.28. The Morgan fingerprint density at radius 2 is 1.77 bits per heavy atom. The minimum atomic E-state index is -1.09. The molecule has 2 aromatic carbocycles. The molecule has 134 valence electrons. The number of carboxylic acid groups (broad SMARTS) is 2. The lowest BCUT2D eigenvalue weighted by Gasteiger charge is -2.12. The molecular weight excluding hydrogens is 334 g/mol. The van der Waals surface area contributed by atoms with E-state index in [-0.39, 0.29) is 17.7 Å². The minimum absolute atomic E-state index is 0.0875. The summed E-state index contributed by atoms with van der Waals surface area (Å²) in [5.74, 6) is -1.96. The van der Waals surface area contributed by atoms with E-state index in [4.69, 9.17) is 0 Å². The number of para-hydroxylation sites is 1. The van der Waals surface area contributed by atoms with Gasteiger partial charge < -0.3 is 19.9 Å². The average molecular weight is 353 g/mol. The largest absolute Gasteiger partial charge is 0.508 e. The number of nitrogens with zero attached hydrogens (tertiary/aromatic N) is 1. The van der Waals surface area contributed by atoms with E-state index < -0.39 is 11.9 Å². The lowest BCUT2D eigenvalue weighted by atomic mass is 10.0. The van der Waals surface area contributed by atoms with Crippen LogP contribution in [0.1, 0.15) is 34.1 Å². The number of aromatic nitrogens is 1. The second-order valence-corrected chi connectivity index (χ2v) is 6.07. The van der Waals surface area contributed by atoms with E-state index >= 15 is 0 Å². The van der Waals surface area contributed by atoms with E-state index in [1.165, 1.54) is 6.07 Å². The molecule has 1 heterocycles. The van der Waals surface area contributed by atoms with Crippen LogP contribution in [0.25, 0.3) is 10.9 Å². The fourth-order valence-corrected chi connectivity index (χ4v) is 3.45. The van der Waals surface area contributed by atoms with E-state index in [0.29, 0.717) is 35.0 Å². The average Bonchev–Trinajstić information content (AvgIpc) is 2.89. The van der Waals surface area contributed by atoms with Gasteiger partial charge in [-0.05, 0) is 30.2 Å². The standard InChI is InChI=1S/C20H19NO5/c1-2-15-14(10-18(23)24)19-13(20(25)26)7-5-8-16(19)21(15)11-12-6-3-4-9-17(12)22/h3-9,22H,2,10-11H2,1H3,(H,23,24)(H,25,26). The fraction of sp³-hybridized carbons (Fsp3) is 0.200. The second-order valence-electron chi connectivity index (χ2n) is 6.07. The van der Waals surface area contributed by atoms with Crippen molar-refractivity contribution >= 4 is 22.8 Å². The Morgan fingerprint density at radius 3 is 2.38 bits per heavy atom. The molecule has 1 aromatic heterocycles. The quantitative estimate of drug-likeness (QED) is 0.631. The summed E-state index contributed by atoms with van der Waals surface area (Å²) < 4.78 is 1.90. The summed E-state index contributed by atoms with van der Waals surface area (Å²) in [6, 6.07) is 11.8. The number of phenols is 1. The number of carboxylic acids is 2. The molecule has 0 fully saturated rings. The highest BCUT2D eigenvalue weighted by atomic mass is 16.4. The third-order valence-electron chi connectivity index (χ3n) is 4.52. The van der Waals surface area contributed by atoms with Crippen molar-refractivity contribution in [2.24, 2.45) is 0 Å². The number of aliphatic carboxylic acids is 1. The number of hydrogen-bond donors (Lipinski definition) is 3. The SMILES string of the molecule is CCc1c(CC(=O)O)c2c(C(=O)O)cccc2n1Cc1ccccc1O. The zero-order valence-electron chi connectivity index (χ0n) is 14.3. The third-order valence-corrected chi connectivity index (χ3v) is 4.52. The molecule has 0 aliphatic carbocycles. The highest BCUT2D eigenvalue weighted by molar-refractivity contribution is 6.06. The number of carbonyl (C=O) groups is 2. The smallest absolute Gasteiger partial charge is 0.336 e. The molecule has 0 bridgehead atoms. The van der Waals surface area contributed by atoms with Crippen molar-refractivity contribution in [1.29, 1.82) is 0 Å². The van der Waals surface area contributed by atoms with E-state index in [9.17, 15) is 24.9 Å². The van der Waals surface area contributed by atoms with Crippen molar-refractivity contribution in [3.63, 3.8) is 0 Å². The monoisotopic (exact) mass is 353 g/mol. The number of aromatic carboxylic acids is 1. The number of phenolic OH excluding ortho intramolecular Hbond substituents is 1. The van der Waals surface area contributed by atoms with Crippen LogP contribution in [0.5, 0.6) is 5.75 Å². The first-order chi connectivity index (χ1) is 12.4. The Kier molecular flexibility index (Phi) is 4.67. The van der Waals surface area contributed by atoms with Gasteiger partial charge in [0.05, 0.1) is 18.5 Å². The summed E-state index contributed by atoms with van der Waals surface area (Å²) in [5, 5.41) is 29.4. The Hall–Kier alpha value is -3.28. The van der Waals surface area contributed by atoms with Crippen LogP contribution in [0, 0.1) is 0 Å². The molecule has 0 unspecified atom stereocenters. The van der Waals surface area contributed by atoms with Crippen molar-refractivity contribution in [2.45, 2.75) is 26.3 Å². The zero-order chi connectivity index (χ0) is 18.8. The lowest BCUT2D eigenvalue weighted by Crippen LogP contribution is -2.07. The summed E-state index contributed by atoms with van der Waals surface area (Å²) in [4.78, 5) is 23.1. The van der Waals surface area contributed by atoms with E-state index in [1.54, 1.807) is 30.3 Å². The van der Waals surface area contributed by atoms with Crippen molar-refractivity contribution in [3.8, 4) is 5.75 Å². The van der Waals surface area contributed by atoms with Crippen LogP contribution >= 0.6 is 0 Å². The molecule has 3 rings (SSSR count). The summed E-state index contributed by atoms with van der Waals surface area (Å²) in [7, 11) is 0. The van der Waals surface area contributed by atoms with Gasteiger partial charge >= 0.3 is 11.9 Å². The normalized spacial score (nSPS) is 11.0. The predicted molar refractivity (Wildman–Crippen MR) is 96.8 cm³/mol. The molecule has 0 saturated carbocycles. The Morgan fingerprint density at radius 1 is 1.04 bits per heavy atom. The maximum atomic E-state index is 11.7. The fourth-order valence-electron chi connectivity index (χ4n) is 3.45. The maximum Gasteiger partial charge on any atom is 0.336 e. The van der Waals surface area contributed by atoms with Crippen LogP contribution in [0.3, 0.4) is 0 Å². The van der Waals surface area contributed by atoms with Crippen LogP contribution in [-0.2, 0) is 24.2 Å². The summed E-state index contributed by atoms with van der Waals surface area (Å²) in [5.41, 5.74) is 2.70. The highest BCUT2D eigenvalue weighted by Gasteiger charge is 2.23. The van der Waals surface area contributed by atoms with Crippen LogP contribution in [0.4, 0.5) is 0 Å². The van der Waals surface area contributed by atoms with Crippen LogP contribution in [-0.4, -0.2) is 31.8 Å². The molecular formula is C20H19NO5. The van der Waals surface area contributed by atoms with Gasteiger partial charge in [-0.2, -0.15) is 0 Å². The van der Waals surface area contributed by atoms with Gasteiger partial charge in [-0.25, -0.2) is 4.79 Å². The summed E-state index contributed by atoms with van der Waals surface area (Å²) in [6.45, 7) is 2.23. The first-order valence-corrected chi connectivity index (χ1v) is 8.29. The van der Waals surface area contributed by atoms with Gasteiger partial charge in [-0.3, -0.25) is 4.79 Å². The summed E-state index contributed by atoms with van der Waals surface area (Å²) >= 11 is 0. The van der Waals surface area contributed by atoms with Gasteiger partial charge in [0.2, 0.25) is 0 Å². The first-order valence-electron chi connectivity index (χ1n) is 8.29. The van der Waals surface area contributed by atoms with E-state index in [1.807, 2.05) is 17.6 Å². The number of hydrogen-bond acceptors (Lipinski definition) is 3. The van der Waals surface area contributed by atoms with E-state index in [2.05, 4.69) is 0 Å². The zero-order valence-corrected chi connectivity index (χ0v) is 14.3. The van der Waals surface area contributed by atoms with Crippen LogP contribution < -0.4 is 0 Å². The van der Waals surface area contributed by atoms with Crippen molar-refractivity contribution in [2.75, 3.05) is 0 Å². The topological polar surface area (TPSA) is 99.8 Å². The molecule has 0 aliphatic rings. The van der Waals surface area contributed by atoms with E-state index in [0.717, 1.165) is 5.69 Å². The molecule has 6 heteroatoms. The molecule has 26 heavy (non-hydrogen) atoms. The van der Waals surface area contributed by atoms with Gasteiger partial charge in [-0.1, -0.05) is 31.2 Å². The Balaban J connectivity index is 2.31. The van der Waals surface area contributed by atoms with Crippen molar-refractivity contribution in [3.05, 3.63) is 64.8 Å². The lowest BCUT2D eigenvalue weighted by molar-refractivity contribution is -0.136. The minimum Gasteiger partial charge on any atom is -0.508 e. The molecule has 3 aromatic rings. The molecule has 3 N–H and O–H groups in total. The van der Waals surface area contributed by atoms with Crippen LogP contribution in [0.15, 0.2) is 42.5 Å². The van der Waals surface area contributed by atoms with Gasteiger partial charge in [0.15, 0.2) is 0 Å². The Labute approximate surface area is 149 Å². The summed E-state index contributed by atoms with van der Waals surface area (Å²) in [6.07, 6.45) is 0.293. The molecule has 0 atom stereocenters. The van der Waals surface area contributed by atoms with Gasteiger partial charge in [0.1, 0.15) is 5.75 Å². The van der Waals surface area contributed by atoms with Gasteiger partial charge in [0, 0.05) is 22.2 Å². The number of rotatable bonds is 6. The Bertz CT molecular complexity index is 1000. The first kappa shape index (κ1) is 17.5. The number of aromatic hydroxyl groups is 1.